The van der Waals surface area contributed by atoms with E-state index in [1.54, 1.807) is 23.1 Å². The third-order valence-electron chi connectivity index (χ3n) is 2.54. The fourth-order valence-corrected chi connectivity index (χ4v) is 2.38. The Morgan fingerprint density at radius 1 is 1.22 bits per heavy atom. The first-order chi connectivity index (χ1) is 8.31. The second kappa shape index (κ2) is 4.33. The predicted octanol–water partition coefficient (Wildman–Crippen LogP) is 2.18. The number of benzene rings is 1. The van der Waals surface area contributed by atoms with Gasteiger partial charge in [0.05, 0.1) is 10.7 Å². The maximum atomic E-state index is 6.18. The molecule has 1 aromatic carbocycles. The van der Waals surface area contributed by atoms with Crippen molar-refractivity contribution >= 4 is 40.8 Å². The van der Waals surface area contributed by atoms with Gasteiger partial charge in [-0.2, -0.15) is 4.99 Å². The third-order valence-corrected chi connectivity index (χ3v) is 3.08. The normalized spacial score (nSPS) is 18.3. The molecule has 0 spiro atoms. The van der Waals surface area contributed by atoms with Crippen molar-refractivity contribution in [2.24, 2.45) is 21.5 Å². The summed E-state index contributed by atoms with van der Waals surface area (Å²) in [5, 5.41) is 1.03. The van der Waals surface area contributed by atoms with Crippen LogP contribution in [-0.2, 0) is 0 Å². The van der Waals surface area contributed by atoms with E-state index in [2.05, 4.69) is 9.98 Å². The zero-order valence-electron chi connectivity index (χ0n) is 9.98. The van der Waals surface area contributed by atoms with E-state index >= 15 is 0 Å². The van der Waals surface area contributed by atoms with Gasteiger partial charge >= 0.3 is 0 Å². The molecule has 0 bridgehead atoms. The maximum absolute atomic E-state index is 6.18. The van der Waals surface area contributed by atoms with Gasteiger partial charge in [0.2, 0.25) is 11.9 Å². The average molecular weight is 286 g/mol. The van der Waals surface area contributed by atoms with Crippen LogP contribution in [0.25, 0.3) is 0 Å². The first-order valence-corrected chi connectivity index (χ1v) is 6.01. The zero-order chi connectivity index (χ0) is 13.5. The number of hydrogen-bond acceptors (Lipinski definition) is 5. The molecule has 18 heavy (non-hydrogen) atoms. The van der Waals surface area contributed by atoms with E-state index in [0.717, 1.165) is 0 Å². The van der Waals surface area contributed by atoms with Gasteiger partial charge in [-0.05, 0) is 32.0 Å². The van der Waals surface area contributed by atoms with Crippen LogP contribution in [0.2, 0.25) is 10.0 Å². The van der Waals surface area contributed by atoms with E-state index in [4.69, 9.17) is 34.7 Å². The smallest absolute Gasteiger partial charge is 0.220 e. The Morgan fingerprint density at radius 3 is 2.44 bits per heavy atom. The summed E-state index contributed by atoms with van der Waals surface area (Å²) in [5.74, 6) is 0.399. The number of anilines is 1. The number of guanidine groups is 2. The highest BCUT2D eigenvalue weighted by Crippen LogP contribution is 2.34. The van der Waals surface area contributed by atoms with Crippen molar-refractivity contribution in [2.75, 3.05) is 4.90 Å². The minimum atomic E-state index is -0.659. The first kappa shape index (κ1) is 13.0. The van der Waals surface area contributed by atoms with E-state index in [1.807, 2.05) is 13.8 Å². The van der Waals surface area contributed by atoms with Crippen molar-refractivity contribution in [2.45, 2.75) is 19.5 Å². The molecule has 1 aliphatic rings. The molecule has 96 valence electrons. The first-order valence-electron chi connectivity index (χ1n) is 5.26. The van der Waals surface area contributed by atoms with Gasteiger partial charge in [-0.1, -0.05) is 23.2 Å². The number of halogens is 2. The molecule has 0 fully saturated rings. The molecule has 4 N–H and O–H groups in total. The highest BCUT2D eigenvalue weighted by molar-refractivity contribution is 6.37. The van der Waals surface area contributed by atoms with E-state index in [9.17, 15) is 0 Å². The van der Waals surface area contributed by atoms with Crippen molar-refractivity contribution in [3.8, 4) is 0 Å². The molecule has 0 amide bonds. The summed E-state index contributed by atoms with van der Waals surface area (Å²) in [6.45, 7) is 3.73. The number of hydrogen-bond donors (Lipinski definition) is 2. The topological polar surface area (TPSA) is 80.0 Å². The highest BCUT2D eigenvalue weighted by Gasteiger charge is 2.34. The van der Waals surface area contributed by atoms with Gasteiger partial charge in [0.1, 0.15) is 5.66 Å². The van der Waals surface area contributed by atoms with Crippen LogP contribution in [0.1, 0.15) is 13.8 Å². The molecule has 0 radical (unpaired) electrons. The molecular weight excluding hydrogens is 273 g/mol. The predicted molar refractivity (Wildman–Crippen MR) is 76.3 cm³/mol. The minimum absolute atomic E-state index is 0.152. The zero-order valence-corrected chi connectivity index (χ0v) is 11.5. The molecule has 1 heterocycles. The van der Waals surface area contributed by atoms with Crippen LogP contribution in [0, 0.1) is 0 Å². The van der Waals surface area contributed by atoms with Gasteiger partial charge in [0, 0.05) is 5.02 Å². The Bertz CT molecular complexity index is 550. The lowest BCUT2D eigenvalue weighted by Gasteiger charge is -2.38. The van der Waals surface area contributed by atoms with Crippen LogP contribution >= 0.6 is 23.2 Å². The quantitative estimate of drug-likeness (QED) is 0.830. The number of rotatable bonds is 1. The Morgan fingerprint density at radius 2 is 1.89 bits per heavy atom. The molecule has 1 aliphatic heterocycles. The molecule has 7 heteroatoms. The second-order valence-electron chi connectivity index (χ2n) is 4.37. The van der Waals surface area contributed by atoms with Crippen molar-refractivity contribution in [1.29, 1.82) is 0 Å². The van der Waals surface area contributed by atoms with Crippen LogP contribution in [0.4, 0.5) is 5.69 Å². The lowest BCUT2D eigenvalue weighted by atomic mass is 10.1. The molecule has 0 aliphatic carbocycles. The molecule has 5 nitrogen and oxygen atoms in total. The molecule has 0 saturated carbocycles. The number of nitrogens with two attached hydrogens (primary N) is 2. The monoisotopic (exact) mass is 285 g/mol. The molecule has 0 unspecified atom stereocenters. The second-order valence-corrected chi connectivity index (χ2v) is 5.21. The molecule has 0 atom stereocenters. The molecule has 0 saturated heterocycles. The van der Waals surface area contributed by atoms with Gasteiger partial charge in [-0.3, -0.25) is 4.90 Å². The summed E-state index contributed by atoms with van der Waals surface area (Å²) >= 11 is 12.0. The number of nitrogens with zero attached hydrogens (tertiary/aromatic N) is 3. The molecule has 1 aromatic rings. The Kier molecular flexibility index (Phi) is 3.12. The summed E-state index contributed by atoms with van der Waals surface area (Å²) in [4.78, 5) is 9.91. The van der Waals surface area contributed by atoms with E-state index in [0.29, 0.717) is 15.7 Å². The third kappa shape index (κ3) is 2.23. The lowest BCUT2D eigenvalue weighted by molar-refractivity contribution is 0.534. The Hall–Kier alpha value is -1.46. The van der Waals surface area contributed by atoms with Crippen LogP contribution in [0.15, 0.2) is 28.2 Å². The van der Waals surface area contributed by atoms with Gasteiger partial charge in [0.15, 0.2) is 0 Å². The van der Waals surface area contributed by atoms with Crippen molar-refractivity contribution in [3.05, 3.63) is 28.2 Å². The van der Waals surface area contributed by atoms with Crippen LogP contribution in [0.3, 0.4) is 0 Å². The lowest BCUT2D eigenvalue weighted by Crippen LogP contribution is -2.54. The largest absolute Gasteiger partial charge is 0.369 e. The summed E-state index contributed by atoms with van der Waals surface area (Å²) in [6, 6.07) is 5.14. The van der Waals surface area contributed by atoms with Crippen LogP contribution in [0.5, 0.6) is 0 Å². The summed E-state index contributed by atoms with van der Waals surface area (Å²) in [6.07, 6.45) is 0. The summed E-state index contributed by atoms with van der Waals surface area (Å²) < 4.78 is 0. The molecule has 2 rings (SSSR count). The SMILES string of the molecule is CC1(C)N=C(N)N=C(N)N1c1ccc(Cl)cc1Cl. The standard InChI is InChI=1S/C11H13Cl2N5/c1-11(2)17-9(14)16-10(15)18(11)8-4-3-6(12)5-7(8)13/h3-5H,1-2H3,(H4,14,15,16,17). The number of aliphatic imine (C=N–C) groups is 2. The Labute approximate surface area is 115 Å². The summed E-state index contributed by atoms with van der Waals surface area (Å²) in [7, 11) is 0. The highest BCUT2D eigenvalue weighted by atomic mass is 35.5. The van der Waals surface area contributed by atoms with E-state index in [1.165, 1.54) is 0 Å². The fourth-order valence-electron chi connectivity index (χ4n) is 1.88. The van der Waals surface area contributed by atoms with Crippen LogP contribution in [-0.4, -0.2) is 17.6 Å². The van der Waals surface area contributed by atoms with E-state index < -0.39 is 5.66 Å². The van der Waals surface area contributed by atoms with Gasteiger partial charge in [-0.15, -0.1) is 0 Å². The van der Waals surface area contributed by atoms with Crippen LogP contribution < -0.4 is 16.4 Å². The van der Waals surface area contributed by atoms with Crippen molar-refractivity contribution < 1.29 is 0 Å². The fraction of sp³-hybridized carbons (Fsp3) is 0.273. The minimum Gasteiger partial charge on any atom is -0.369 e. The van der Waals surface area contributed by atoms with Gasteiger partial charge in [-0.25, -0.2) is 4.99 Å². The summed E-state index contributed by atoms with van der Waals surface area (Å²) in [5.41, 5.74) is 11.5. The van der Waals surface area contributed by atoms with Gasteiger partial charge in [0.25, 0.3) is 0 Å². The Balaban J connectivity index is 2.53. The van der Waals surface area contributed by atoms with Crippen molar-refractivity contribution in [1.82, 2.24) is 0 Å². The van der Waals surface area contributed by atoms with E-state index in [-0.39, 0.29) is 11.9 Å². The van der Waals surface area contributed by atoms with Crippen molar-refractivity contribution in [3.63, 3.8) is 0 Å². The maximum Gasteiger partial charge on any atom is 0.220 e. The molecule has 0 aromatic heterocycles. The average Bonchev–Trinajstić information content (AvgIpc) is 2.18. The molecular formula is C11H13Cl2N5. The van der Waals surface area contributed by atoms with Gasteiger partial charge < -0.3 is 11.5 Å².